The van der Waals surface area contributed by atoms with Gasteiger partial charge >= 0.3 is 0 Å². The van der Waals surface area contributed by atoms with Crippen LogP contribution in [0, 0.1) is 0 Å². The van der Waals surface area contributed by atoms with Crippen molar-refractivity contribution in [1.29, 1.82) is 0 Å². The maximum absolute atomic E-state index is 12.9. The van der Waals surface area contributed by atoms with E-state index in [0.29, 0.717) is 16.9 Å². The molecule has 0 fully saturated rings. The first-order valence-corrected chi connectivity index (χ1v) is 9.62. The molecule has 2 unspecified atom stereocenters. The third-order valence-electron chi connectivity index (χ3n) is 4.29. The van der Waals surface area contributed by atoms with Crippen LogP contribution in [0.25, 0.3) is 0 Å². The minimum atomic E-state index is -0.0301. The van der Waals surface area contributed by atoms with Crippen LogP contribution >= 0.6 is 0 Å². The third kappa shape index (κ3) is 5.62. The van der Waals surface area contributed by atoms with Crippen molar-refractivity contribution < 1.29 is 14.3 Å². The third-order valence-corrected chi connectivity index (χ3v) is 4.29. The Bertz CT molecular complexity index is 694. The molecule has 0 aliphatic carbocycles. The Balaban J connectivity index is 2.31. The number of hydrogen-bond acceptors (Lipinski definition) is 3. The van der Waals surface area contributed by atoms with Gasteiger partial charge in [-0.1, -0.05) is 57.0 Å². The van der Waals surface area contributed by atoms with Crippen LogP contribution in [0.1, 0.15) is 69.3 Å². The second-order valence-corrected chi connectivity index (χ2v) is 6.79. The summed E-state index contributed by atoms with van der Waals surface area (Å²) in [5.74, 6) is 1.31. The van der Waals surface area contributed by atoms with Crippen molar-refractivity contribution in [2.24, 2.45) is 0 Å². The average Bonchev–Trinajstić information content (AvgIpc) is 2.62. The number of ether oxygens (including phenoxy) is 2. The predicted molar refractivity (Wildman–Crippen MR) is 106 cm³/mol. The Labute approximate surface area is 157 Å². The highest BCUT2D eigenvalue weighted by molar-refractivity contribution is 6.10. The van der Waals surface area contributed by atoms with Gasteiger partial charge in [0.25, 0.3) is 0 Å². The average molecular weight is 354 g/mol. The van der Waals surface area contributed by atoms with Crippen LogP contribution in [-0.2, 0) is 0 Å². The molecule has 0 amide bonds. The summed E-state index contributed by atoms with van der Waals surface area (Å²) in [7, 11) is 0. The van der Waals surface area contributed by atoms with Gasteiger partial charge in [0.2, 0.25) is 0 Å². The molecule has 3 heteroatoms. The Morgan fingerprint density at radius 2 is 1.50 bits per heavy atom. The van der Waals surface area contributed by atoms with E-state index in [1.165, 1.54) is 0 Å². The number of carbonyl (C=O) groups excluding carboxylic acids is 1. The van der Waals surface area contributed by atoms with Crippen molar-refractivity contribution in [3.8, 4) is 11.5 Å². The molecule has 0 N–H and O–H groups in total. The van der Waals surface area contributed by atoms with Crippen molar-refractivity contribution in [3.05, 3.63) is 59.7 Å². The lowest BCUT2D eigenvalue weighted by Crippen LogP contribution is -2.15. The van der Waals surface area contributed by atoms with E-state index in [0.717, 1.165) is 31.4 Å². The lowest BCUT2D eigenvalue weighted by Gasteiger charge is -2.19. The van der Waals surface area contributed by atoms with Gasteiger partial charge in [0, 0.05) is 11.6 Å². The van der Waals surface area contributed by atoms with Crippen molar-refractivity contribution in [2.45, 2.75) is 65.6 Å². The van der Waals surface area contributed by atoms with Gasteiger partial charge in [-0.05, 0) is 38.8 Å². The molecule has 0 radical (unpaired) electrons. The van der Waals surface area contributed by atoms with E-state index in [-0.39, 0.29) is 18.0 Å². The molecule has 2 aromatic rings. The minimum absolute atomic E-state index is 0.0301. The van der Waals surface area contributed by atoms with Crippen molar-refractivity contribution >= 4 is 5.78 Å². The molecule has 0 aliphatic heterocycles. The zero-order valence-corrected chi connectivity index (χ0v) is 16.3. The summed E-state index contributed by atoms with van der Waals surface area (Å²) < 4.78 is 12.1. The van der Waals surface area contributed by atoms with E-state index in [2.05, 4.69) is 20.8 Å². The first kappa shape index (κ1) is 20.0. The molecule has 2 rings (SSSR count). The van der Waals surface area contributed by atoms with Crippen LogP contribution in [0.15, 0.2) is 48.5 Å². The number of carbonyl (C=O) groups is 1. The van der Waals surface area contributed by atoms with Crippen LogP contribution in [-0.4, -0.2) is 18.0 Å². The normalized spacial score (nSPS) is 13.1. The molecule has 26 heavy (non-hydrogen) atoms. The van der Waals surface area contributed by atoms with Gasteiger partial charge in [-0.3, -0.25) is 4.79 Å². The highest BCUT2D eigenvalue weighted by Gasteiger charge is 2.18. The van der Waals surface area contributed by atoms with E-state index in [1.54, 1.807) is 0 Å². The Morgan fingerprint density at radius 3 is 2.12 bits per heavy atom. The summed E-state index contributed by atoms with van der Waals surface area (Å²) >= 11 is 0. The Hall–Kier alpha value is -2.29. The number of benzene rings is 2. The van der Waals surface area contributed by atoms with Gasteiger partial charge in [0.05, 0.1) is 17.8 Å². The lowest BCUT2D eigenvalue weighted by molar-refractivity contribution is 0.103. The summed E-state index contributed by atoms with van der Waals surface area (Å²) in [6.45, 7) is 8.37. The molecular weight excluding hydrogens is 324 g/mol. The van der Waals surface area contributed by atoms with Gasteiger partial charge in [-0.2, -0.15) is 0 Å². The largest absolute Gasteiger partial charge is 0.491 e. The maximum atomic E-state index is 12.9. The number of rotatable bonds is 10. The molecule has 2 aromatic carbocycles. The molecule has 0 bridgehead atoms. The molecule has 0 aromatic heterocycles. The Kier molecular flexibility index (Phi) is 7.71. The van der Waals surface area contributed by atoms with Gasteiger partial charge in [-0.15, -0.1) is 0 Å². The molecule has 0 saturated heterocycles. The maximum Gasteiger partial charge on any atom is 0.196 e. The van der Waals surface area contributed by atoms with E-state index in [4.69, 9.17) is 9.47 Å². The number of hydrogen-bond donors (Lipinski definition) is 0. The van der Waals surface area contributed by atoms with Gasteiger partial charge in [0.15, 0.2) is 5.78 Å². The van der Waals surface area contributed by atoms with Crippen LogP contribution < -0.4 is 9.47 Å². The van der Waals surface area contributed by atoms with E-state index < -0.39 is 0 Å². The summed E-state index contributed by atoms with van der Waals surface area (Å²) in [5.41, 5.74) is 1.24. The molecule has 0 spiro atoms. The second kappa shape index (κ2) is 10.0. The fraction of sp³-hybridized carbons (Fsp3) is 0.435. The van der Waals surface area contributed by atoms with Gasteiger partial charge in [-0.25, -0.2) is 0 Å². The monoisotopic (exact) mass is 354 g/mol. The second-order valence-electron chi connectivity index (χ2n) is 6.79. The molecule has 2 atom stereocenters. The smallest absolute Gasteiger partial charge is 0.196 e. The molecular formula is C23H30O3. The van der Waals surface area contributed by atoms with Gasteiger partial charge in [0.1, 0.15) is 11.5 Å². The van der Waals surface area contributed by atoms with Crippen molar-refractivity contribution in [1.82, 2.24) is 0 Å². The van der Waals surface area contributed by atoms with Gasteiger partial charge < -0.3 is 9.47 Å². The fourth-order valence-corrected chi connectivity index (χ4v) is 2.99. The van der Waals surface area contributed by atoms with E-state index in [9.17, 15) is 4.79 Å². The summed E-state index contributed by atoms with van der Waals surface area (Å²) in [5, 5.41) is 0. The summed E-state index contributed by atoms with van der Waals surface area (Å²) in [4.78, 5) is 12.9. The first-order valence-electron chi connectivity index (χ1n) is 9.62. The van der Waals surface area contributed by atoms with E-state index >= 15 is 0 Å². The van der Waals surface area contributed by atoms with Crippen LogP contribution in [0.2, 0.25) is 0 Å². The van der Waals surface area contributed by atoms with Crippen molar-refractivity contribution in [3.63, 3.8) is 0 Å². The molecule has 140 valence electrons. The van der Waals surface area contributed by atoms with Crippen LogP contribution in [0.5, 0.6) is 11.5 Å². The number of ketones is 1. The van der Waals surface area contributed by atoms with Crippen LogP contribution in [0.4, 0.5) is 0 Å². The lowest BCUT2D eigenvalue weighted by atomic mass is 10.0. The SMILES string of the molecule is CCCC(C)Oc1ccc(C(=O)c2ccccc2)c(OC(C)CCC)c1. The molecule has 0 aliphatic rings. The van der Waals surface area contributed by atoms with Crippen molar-refractivity contribution in [2.75, 3.05) is 0 Å². The fourth-order valence-electron chi connectivity index (χ4n) is 2.99. The highest BCUT2D eigenvalue weighted by Crippen LogP contribution is 2.29. The topological polar surface area (TPSA) is 35.5 Å². The summed E-state index contributed by atoms with van der Waals surface area (Å²) in [6, 6.07) is 14.8. The highest BCUT2D eigenvalue weighted by atomic mass is 16.5. The molecule has 0 heterocycles. The minimum Gasteiger partial charge on any atom is -0.491 e. The van der Waals surface area contributed by atoms with E-state index in [1.807, 2.05) is 55.5 Å². The first-order chi connectivity index (χ1) is 12.5. The summed E-state index contributed by atoms with van der Waals surface area (Å²) in [6.07, 6.45) is 4.22. The molecule has 3 nitrogen and oxygen atoms in total. The quantitative estimate of drug-likeness (QED) is 0.487. The zero-order valence-electron chi connectivity index (χ0n) is 16.3. The zero-order chi connectivity index (χ0) is 18.9. The molecule has 0 saturated carbocycles. The predicted octanol–water partition coefficient (Wildman–Crippen LogP) is 6.05. The standard InChI is InChI=1S/C23H30O3/c1-5-10-17(3)25-20-14-15-21(22(16-20)26-18(4)11-6-2)23(24)19-12-8-7-9-13-19/h7-9,12-18H,5-6,10-11H2,1-4H3. The van der Waals surface area contributed by atoms with Crippen LogP contribution in [0.3, 0.4) is 0 Å². The Morgan fingerprint density at radius 1 is 0.885 bits per heavy atom.